The van der Waals surface area contributed by atoms with Gasteiger partial charge in [0.1, 0.15) is 16.8 Å². The molecule has 0 spiro atoms. The Bertz CT molecular complexity index is 519. The maximum atomic E-state index is 11.8. The number of anilines is 1. The summed E-state index contributed by atoms with van der Waals surface area (Å²) in [6, 6.07) is 3.41. The summed E-state index contributed by atoms with van der Waals surface area (Å²) in [6.45, 7) is 2.67. The fraction of sp³-hybridized carbons (Fsp3) is 0.462. The predicted octanol–water partition coefficient (Wildman–Crippen LogP) is 1.17. The number of hydrogen-bond donors (Lipinski definition) is 1. The fourth-order valence-electron chi connectivity index (χ4n) is 2.36. The normalized spacial score (nSPS) is 18.4. The van der Waals surface area contributed by atoms with Gasteiger partial charge < -0.3 is 15.4 Å². The van der Waals surface area contributed by atoms with E-state index in [1.54, 1.807) is 0 Å². The van der Waals surface area contributed by atoms with Crippen LogP contribution in [0.5, 0.6) is 0 Å². The first kappa shape index (κ1) is 13.7. The maximum absolute atomic E-state index is 11.8. The second-order valence-electron chi connectivity index (χ2n) is 4.59. The summed E-state index contributed by atoms with van der Waals surface area (Å²) in [5.41, 5.74) is 7.27. The molecule has 6 heteroatoms. The quantitative estimate of drug-likeness (QED) is 0.661. The molecule has 102 valence electrons. The molecule has 0 saturated carbocycles. The lowest BCUT2D eigenvalue weighted by Crippen LogP contribution is -2.37. The molecule has 0 radical (unpaired) electrons. The van der Waals surface area contributed by atoms with Gasteiger partial charge >= 0.3 is 5.97 Å². The second kappa shape index (κ2) is 5.52. The van der Waals surface area contributed by atoms with E-state index in [1.165, 1.54) is 7.11 Å². The summed E-state index contributed by atoms with van der Waals surface area (Å²) in [7, 11) is 1.41. The van der Waals surface area contributed by atoms with Crippen molar-refractivity contribution in [3.8, 4) is 0 Å². The molecule has 1 atom stereocenters. The van der Waals surface area contributed by atoms with Crippen LogP contribution in [0.25, 0.3) is 0 Å². The lowest BCUT2D eigenvalue weighted by Gasteiger charge is -2.24. The van der Waals surface area contributed by atoms with E-state index in [0.717, 1.165) is 36.5 Å². The van der Waals surface area contributed by atoms with Gasteiger partial charge in [-0.15, -0.1) is 0 Å². The summed E-state index contributed by atoms with van der Waals surface area (Å²) >= 11 is 5.00. The number of aromatic nitrogens is 1. The molecule has 5 nitrogen and oxygen atoms in total. The summed E-state index contributed by atoms with van der Waals surface area (Å²) < 4.78 is 4.83. The van der Waals surface area contributed by atoms with Crippen LogP contribution in [-0.4, -0.2) is 35.6 Å². The van der Waals surface area contributed by atoms with Crippen molar-refractivity contribution in [1.82, 2.24) is 4.98 Å². The molecule has 0 aromatic carbocycles. The minimum absolute atomic E-state index is 0.224. The van der Waals surface area contributed by atoms with E-state index in [4.69, 9.17) is 22.7 Å². The summed E-state index contributed by atoms with van der Waals surface area (Å²) in [6.07, 6.45) is 1.72. The molecule has 19 heavy (non-hydrogen) atoms. The number of nitrogens with two attached hydrogens (primary N) is 1. The number of esters is 1. The van der Waals surface area contributed by atoms with Crippen molar-refractivity contribution in [2.24, 2.45) is 5.73 Å². The molecule has 1 aliphatic rings. The Morgan fingerprint density at radius 2 is 2.32 bits per heavy atom. The number of ether oxygens (including phenoxy) is 1. The number of pyridine rings is 1. The molecule has 1 unspecified atom stereocenters. The van der Waals surface area contributed by atoms with Gasteiger partial charge in [-0.2, -0.15) is 0 Å². The van der Waals surface area contributed by atoms with Crippen LogP contribution in [0.4, 0.5) is 5.82 Å². The number of methoxy groups -OCH3 is 1. The largest absolute Gasteiger partial charge is 0.467 e. The average Bonchev–Trinajstić information content (AvgIpc) is 2.86. The number of hydrogen-bond acceptors (Lipinski definition) is 5. The first-order chi connectivity index (χ1) is 9.02. The number of aryl methyl sites for hydroxylation is 1. The fourth-order valence-corrected chi connectivity index (χ4v) is 2.48. The first-order valence-electron chi connectivity index (χ1n) is 6.16. The van der Waals surface area contributed by atoms with E-state index in [2.05, 4.69) is 4.98 Å². The second-order valence-corrected chi connectivity index (χ2v) is 5.03. The third kappa shape index (κ3) is 2.84. The maximum Gasteiger partial charge on any atom is 0.328 e. The van der Waals surface area contributed by atoms with Gasteiger partial charge in [0.25, 0.3) is 0 Å². The Hall–Kier alpha value is -1.69. The van der Waals surface area contributed by atoms with E-state index >= 15 is 0 Å². The summed E-state index contributed by atoms with van der Waals surface area (Å²) in [5, 5.41) is 0. The van der Waals surface area contributed by atoms with Crippen LogP contribution in [0.3, 0.4) is 0 Å². The van der Waals surface area contributed by atoms with Crippen LogP contribution in [0.15, 0.2) is 12.1 Å². The SMILES string of the molecule is COC(=O)C1CCCN1c1cc(C(N)=S)cc(C)n1. The van der Waals surface area contributed by atoms with E-state index in [-0.39, 0.29) is 12.0 Å². The Morgan fingerprint density at radius 1 is 1.58 bits per heavy atom. The van der Waals surface area contributed by atoms with Crippen molar-refractivity contribution in [2.45, 2.75) is 25.8 Å². The molecular weight excluding hydrogens is 262 g/mol. The van der Waals surface area contributed by atoms with Crippen molar-refractivity contribution in [3.63, 3.8) is 0 Å². The Labute approximate surface area is 117 Å². The van der Waals surface area contributed by atoms with Gasteiger partial charge in [-0.1, -0.05) is 12.2 Å². The van der Waals surface area contributed by atoms with Crippen molar-refractivity contribution in [2.75, 3.05) is 18.6 Å². The van der Waals surface area contributed by atoms with Crippen LogP contribution in [-0.2, 0) is 9.53 Å². The zero-order valence-electron chi connectivity index (χ0n) is 11.0. The Kier molecular flexibility index (Phi) is 3.99. The number of carbonyl (C=O) groups is 1. The topological polar surface area (TPSA) is 68.5 Å². The van der Waals surface area contributed by atoms with Crippen LogP contribution in [0.1, 0.15) is 24.1 Å². The summed E-state index contributed by atoms with van der Waals surface area (Å²) in [4.78, 5) is 18.5. The van der Waals surface area contributed by atoms with Crippen molar-refractivity contribution in [3.05, 3.63) is 23.4 Å². The first-order valence-corrected chi connectivity index (χ1v) is 6.56. The lowest BCUT2D eigenvalue weighted by atomic mass is 10.2. The summed E-state index contributed by atoms with van der Waals surface area (Å²) in [5.74, 6) is 0.508. The van der Waals surface area contributed by atoms with E-state index < -0.39 is 0 Å². The molecule has 2 rings (SSSR count). The molecule has 0 aliphatic carbocycles. The average molecular weight is 279 g/mol. The molecule has 2 heterocycles. The monoisotopic (exact) mass is 279 g/mol. The number of rotatable bonds is 3. The molecular formula is C13H17N3O2S. The van der Waals surface area contributed by atoms with Gasteiger partial charge in [-0.3, -0.25) is 0 Å². The highest BCUT2D eigenvalue weighted by Crippen LogP contribution is 2.25. The van der Waals surface area contributed by atoms with Crippen LogP contribution >= 0.6 is 12.2 Å². The van der Waals surface area contributed by atoms with Crippen LogP contribution in [0, 0.1) is 6.92 Å². The molecule has 1 saturated heterocycles. The van der Waals surface area contributed by atoms with Gasteiger partial charge in [-0.05, 0) is 31.9 Å². The van der Waals surface area contributed by atoms with Crippen molar-refractivity contribution >= 4 is 29.0 Å². The minimum atomic E-state index is -0.265. The third-order valence-electron chi connectivity index (χ3n) is 3.24. The predicted molar refractivity (Wildman–Crippen MR) is 77.2 cm³/mol. The molecule has 1 aliphatic heterocycles. The number of carbonyl (C=O) groups excluding carboxylic acids is 1. The van der Waals surface area contributed by atoms with Crippen LogP contribution < -0.4 is 10.6 Å². The molecule has 1 aromatic heterocycles. The van der Waals surface area contributed by atoms with Gasteiger partial charge in [0.05, 0.1) is 7.11 Å². The smallest absolute Gasteiger partial charge is 0.328 e. The number of nitrogens with zero attached hydrogens (tertiary/aromatic N) is 2. The van der Waals surface area contributed by atoms with Crippen molar-refractivity contribution in [1.29, 1.82) is 0 Å². The highest BCUT2D eigenvalue weighted by atomic mass is 32.1. The van der Waals surface area contributed by atoms with E-state index in [1.807, 2.05) is 24.0 Å². The zero-order valence-corrected chi connectivity index (χ0v) is 11.9. The molecule has 0 amide bonds. The van der Waals surface area contributed by atoms with Gasteiger partial charge in [0.15, 0.2) is 0 Å². The standard InChI is InChI=1S/C13H17N3O2S/c1-8-6-9(12(14)19)7-11(15-8)16-5-3-4-10(16)13(17)18-2/h6-7,10H,3-5H2,1-2H3,(H2,14,19). The Morgan fingerprint density at radius 3 is 2.95 bits per heavy atom. The third-order valence-corrected chi connectivity index (χ3v) is 3.48. The van der Waals surface area contributed by atoms with Gasteiger partial charge in [0.2, 0.25) is 0 Å². The van der Waals surface area contributed by atoms with E-state index in [9.17, 15) is 4.79 Å². The highest BCUT2D eigenvalue weighted by Gasteiger charge is 2.32. The minimum Gasteiger partial charge on any atom is -0.467 e. The molecule has 0 bridgehead atoms. The van der Waals surface area contributed by atoms with E-state index in [0.29, 0.717) is 4.99 Å². The molecule has 1 aromatic rings. The van der Waals surface area contributed by atoms with Crippen molar-refractivity contribution < 1.29 is 9.53 Å². The molecule has 2 N–H and O–H groups in total. The van der Waals surface area contributed by atoms with Crippen LogP contribution in [0.2, 0.25) is 0 Å². The number of thiocarbonyl (C=S) groups is 1. The highest BCUT2D eigenvalue weighted by molar-refractivity contribution is 7.80. The Balaban J connectivity index is 2.35. The molecule has 1 fully saturated rings. The van der Waals surface area contributed by atoms with Gasteiger partial charge in [0, 0.05) is 17.8 Å². The van der Waals surface area contributed by atoms with Gasteiger partial charge in [-0.25, -0.2) is 9.78 Å². The zero-order chi connectivity index (χ0) is 14.0. The lowest BCUT2D eigenvalue weighted by molar-refractivity contribution is -0.141.